The maximum atomic E-state index is 12.5. The first-order chi connectivity index (χ1) is 13.7. The van der Waals surface area contributed by atoms with Crippen molar-refractivity contribution in [2.24, 2.45) is 5.92 Å². The summed E-state index contributed by atoms with van der Waals surface area (Å²) in [5, 5.41) is 3.70. The Morgan fingerprint density at radius 1 is 1.31 bits per heavy atom. The van der Waals surface area contributed by atoms with E-state index in [0.29, 0.717) is 11.2 Å². The minimum Gasteiger partial charge on any atom is -0.445 e. The van der Waals surface area contributed by atoms with E-state index in [4.69, 9.17) is 4.42 Å². The van der Waals surface area contributed by atoms with Gasteiger partial charge in [-0.2, -0.15) is 0 Å². The van der Waals surface area contributed by atoms with Gasteiger partial charge >= 0.3 is 0 Å². The summed E-state index contributed by atoms with van der Waals surface area (Å²) in [5.41, 5.74) is -0.0193. The van der Waals surface area contributed by atoms with E-state index in [1.54, 1.807) is 11.8 Å². The lowest BCUT2D eigenvalue weighted by Gasteiger charge is -2.33. The summed E-state index contributed by atoms with van der Waals surface area (Å²) in [4.78, 5) is 23.7. The number of piperidine rings is 1. The molecule has 0 atom stereocenters. The van der Waals surface area contributed by atoms with Crippen LogP contribution in [0, 0.1) is 5.92 Å². The number of thiazole rings is 1. The summed E-state index contributed by atoms with van der Waals surface area (Å²) in [6.07, 6.45) is 6.27. The lowest BCUT2D eigenvalue weighted by atomic mass is 9.94. The summed E-state index contributed by atoms with van der Waals surface area (Å²) in [6, 6.07) is 0.550. The summed E-state index contributed by atoms with van der Waals surface area (Å²) in [5.74, 6) is 2.75. The molecule has 3 rings (SSSR count). The first kappa shape index (κ1) is 22.3. The smallest absolute Gasteiger partial charge is 0.229 e. The SMILES string of the molecule is CC(C)N1CCC(C(=O)Nc2ncc(SCCc3ncc(C(C)(C)C)o3)s2)CC1. The predicted molar refractivity (Wildman–Crippen MR) is 120 cm³/mol. The Balaban J connectivity index is 1.42. The van der Waals surface area contributed by atoms with E-state index in [1.165, 1.54) is 11.3 Å². The third kappa shape index (κ3) is 6.30. The van der Waals surface area contributed by atoms with Gasteiger partial charge in [0.2, 0.25) is 5.91 Å². The van der Waals surface area contributed by atoms with Crippen molar-refractivity contribution in [1.82, 2.24) is 14.9 Å². The molecule has 0 aromatic carbocycles. The Kier molecular flexibility index (Phi) is 7.40. The van der Waals surface area contributed by atoms with E-state index in [-0.39, 0.29) is 17.2 Å². The van der Waals surface area contributed by atoms with Crippen LogP contribution >= 0.6 is 23.1 Å². The van der Waals surface area contributed by atoms with E-state index < -0.39 is 0 Å². The predicted octanol–water partition coefficient (Wildman–Crippen LogP) is 4.82. The molecular formula is C21H32N4O2S2. The van der Waals surface area contributed by atoms with Gasteiger partial charge in [0.25, 0.3) is 0 Å². The molecule has 1 aliphatic heterocycles. The average molecular weight is 437 g/mol. The van der Waals surface area contributed by atoms with Gasteiger partial charge in [-0.25, -0.2) is 9.97 Å². The number of hydrogen-bond donors (Lipinski definition) is 1. The van der Waals surface area contributed by atoms with Crippen molar-refractivity contribution in [3.05, 3.63) is 24.0 Å². The van der Waals surface area contributed by atoms with Gasteiger partial charge in [0, 0.05) is 29.5 Å². The van der Waals surface area contributed by atoms with Gasteiger partial charge in [-0.1, -0.05) is 32.1 Å². The maximum absolute atomic E-state index is 12.5. The number of aryl methyl sites for hydroxylation is 1. The van der Waals surface area contributed by atoms with Gasteiger partial charge in [0.05, 0.1) is 16.6 Å². The number of aromatic nitrogens is 2. The normalized spacial score (nSPS) is 16.5. The van der Waals surface area contributed by atoms with Crippen LogP contribution in [0.4, 0.5) is 5.13 Å². The van der Waals surface area contributed by atoms with E-state index in [0.717, 1.165) is 54.0 Å². The van der Waals surface area contributed by atoms with Gasteiger partial charge < -0.3 is 14.6 Å². The highest BCUT2D eigenvalue weighted by Gasteiger charge is 2.26. The highest BCUT2D eigenvalue weighted by molar-refractivity contribution is 8.01. The van der Waals surface area contributed by atoms with E-state index in [1.807, 2.05) is 12.4 Å². The number of carbonyl (C=O) groups excluding carboxylic acids is 1. The Morgan fingerprint density at radius 3 is 2.66 bits per heavy atom. The number of rotatable bonds is 7. The molecule has 0 spiro atoms. The zero-order valence-corrected chi connectivity index (χ0v) is 19.7. The third-order valence-electron chi connectivity index (χ3n) is 5.20. The molecule has 1 N–H and O–H groups in total. The van der Waals surface area contributed by atoms with Crippen molar-refractivity contribution in [2.45, 2.75) is 69.5 Å². The van der Waals surface area contributed by atoms with Gasteiger partial charge in [-0.3, -0.25) is 4.79 Å². The Hall–Kier alpha value is -1.38. The Morgan fingerprint density at radius 2 is 2.03 bits per heavy atom. The second-order valence-corrected chi connectivity index (χ2v) is 11.3. The van der Waals surface area contributed by atoms with E-state index in [2.05, 4.69) is 54.8 Å². The van der Waals surface area contributed by atoms with Gasteiger partial charge in [-0.15, -0.1) is 11.8 Å². The van der Waals surface area contributed by atoms with Crippen LogP contribution in [0.3, 0.4) is 0 Å². The molecule has 0 aliphatic carbocycles. The number of carbonyl (C=O) groups is 1. The number of nitrogens with zero attached hydrogens (tertiary/aromatic N) is 3. The number of likely N-dealkylation sites (tertiary alicyclic amines) is 1. The minimum atomic E-state index is -0.0193. The second-order valence-electron chi connectivity index (χ2n) is 8.84. The third-order valence-corrected chi connectivity index (χ3v) is 7.31. The molecule has 1 aliphatic rings. The molecule has 1 amide bonds. The van der Waals surface area contributed by atoms with Gasteiger partial charge in [-0.05, 0) is 39.8 Å². The monoisotopic (exact) mass is 436 g/mol. The molecule has 1 saturated heterocycles. The van der Waals surface area contributed by atoms with Gasteiger partial charge in [0.15, 0.2) is 11.0 Å². The lowest BCUT2D eigenvalue weighted by molar-refractivity contribution is -0.121. The summed E-state index contributed by atoms with van der Waals surface area (Å²) in [7, 11) is 0. The molecule has 8 heteroatoms. The van der Waals surface area contributed by atoms with Crippen molar-refractivity contribution in [3.8, 4) is 0 Å². The average Bonchev–Trinajstić information content (AvgIpc) is 3.31. The van der Waals surface area contributed by atoms with Crippen molar-refractivity contribution < 1.29 is 9.21 Å². The van der Waals surface area contributed by atoms with Crippen LogP contribution in [-0.4, -0.2) is 45.7 Å². The van der Waals surface area contributed by atoms with Gasteiger partial charge in [0.1, 0.15) is 5.76 Å². The fourth-order valence-electron chi connectivity index (χ4n) is 3.28. The molecule has 0 radical (unpaired) electrons. The highest BCUT2D eigenvalue weighted by Crippen LogP contribution is 2.30. The quantitative estimate of drug-likeness (QED) is 0.627. The minimum absolute atomic E-state index is 0.0193. The summed E-state index contributed by atoms with van der Waals surface area (Å²) < 4.78 is 6.93. The van der Waals surface area contributed by atoms with Crippen LogP contribution in [0.15, 0.2) is 21.0 Å². The summed E-state index contributed by atoms with van der Waals surface area (Å²) >= 11 is 3.25. The standard InChI is InChI=1S/C21H32N4O2S2/c1-14(2)25-9-6-15(7-10-25)19(26)24-20-23-13-18(29-20)28-11-8-17-22-12-16(27-17)21(3,4)5/h12-15H,6-11H2,1-5H3,(H,23,24,26). The second kappa shape index (κ2) is 9.62. The molecule has 0 bridgehead atoms. The molecular weight excluding hydrogens is 404 g/mol. The first-order valence-corrected chi connectivity index (χ1v) is 12.1. The van der Waals surface area contributed by atoms with Crippen LogP contribution in [0.25, 0.3) is 0 Å². The highest BCUT2D eigenvalue weighted by atomic mass is 32.2. The van der Waals surface area contributed by atoms with Crippen LogP contribution in [0.2, 0.25) is 0 Å². The number of anilines is 1. The van der Waals surface area contributed by atoms with E-state index >= 15 is 0 Å². The lowest BCUT2D eigenvalue weighted by Crippen LogP contribution is -2.41. The van der Waals surface area contributed by atoms with Crippen molar-refractivity contribution in [1.29, 1.82) is 0 Å². The molecule has 2 aromatic rings. The van der Waals surface area contributed by atoms with Crippen LogP contribution in [0.1, 0.15) is 59.1 Å². The van der Waals surface area contributed by atoms with Crippen molar-refractivity contribution >= 4 is 34.1 Å². The fourth-order valence-corrected chi connectivity index (χ4v) is 5.16. The van der Waals surface area contributed by atoms with Crippen molar-refractivity contribution in [2.75, 3.05) is 24.2 Å². The molecule has 2 aromatic heterocycles. The van der Waals surface area contributed by atoms with Crippen molar-refractivity contribution in [3.63, 3.8) is 0 Å². The topological polar surface area (TPSA) is 71.3 Å². The number of thioether (sulfide) groups is 1. The van der Waals surface area contributed by atoms with Crippen LogP contribution in [-0.2, 0) is 16.6 Å². The van der Waals surface area contributed by atoms with E-state index in [9.17, 15) is 4.79 Å². The summed E-state index contributed by atoms with van der Waals surface area (Å²) in [6.45, 7) is 12.8. The Bertz CT molecular complexity index is 802. The maximum Gasteiger partial charge on any atom is 0.229 e. The first-order valence-electron chi connectivity index (χ1n) is 10.3. The number of amides is 1. The largest absolute Gasteiger partial charge is 0.445 e. The molecule has 160 valence electrons. The number of hydrogen-bond acceptors (Lipinski definition) is 7. The molecule has 29 heavy (non-hydrogen) atoms. The molecule has 0 saturated carbocycles. The Labute approximate surface area is 181 Å². The van der Waals surface area contributed by atoms with Crippen LogP contribution in [0.5, 0.6) is 0 Å². The van der Waals surface area contributed by atoms with Crippen LogP contribution < -0.4 is 5.32 Å². The zero-order valence-electron chi connectivity index (χ0n) is 18.0. The zero-order chi connectivity index (χ0) is 21.0. The number of nitrogens with one attached hydrogen (secondary N) is 1. The molecule has 6 nitrogen and oxygen atoms in total. The molecule has 3 heterocycles. The number of oxazole rings is 1. The molecule has 0 unspecified atom stereocenters. The molecule has 1 fully saturated rings. The fraction of sp³-hybridized carbons (Fsp3) is 0.667.